The van der Waals surface area contributed by atoms with Crippen LogP contribution in [0.5, 0.6) is 0 Å². The fourth-order valence-corrected chi connectivity index (χ4v) is 3.81. The van der Waals surface area contributed by atoms with E-state index in [2.05, 4.69) is 22.8 Å². The van der Waals surface area contributed by atoms with Crippen molar-refractivity contribution in [2.24, 2.45) is 5.92 Å². The number of carbonyl (C=O) groups excluding carboxylic acids is 2. The lowest BCUT2D eigenvalue weighted by Crippen LogP contribution is -2.44. The van der Waals surface area contributed by atoms with E-state index in [4.69, 9.17) is 9.84 Å². The molecule has 170 valence electrons. The van der Waals surface area contributed by atoms with Crippen LogP contribution in [0, 0.1) is 5.92 Å². The zero-order chi connectivity index (χ0) is 23.3. The SMILES string of the molecule is CC(C)[C@H](CC(=O)NC[C@H](O)C(=O)O)NC(=O)OCC1c2ccccc2-c2ccccc21. The highest BCUT2D eigenvalue weighted by molar-refractivity contribution is 5.80. The summed E-state index contributed by atoms with van der Waals surface area (Å²) in [5.74, 6) is -2.01. The van der Waals surface area contributed by atoms with Crippen LogP contribution in [0.2, 0.25) is 0 Å². The first kappa shape index (κ1) is 23.3. The lowest BCUT2D eigenvalue weighted by Gasteiger charge is -2.22. The number of alkyl carbamates (subject to hydrolysis) is 1. The average Bonchev–Trinajstić information content (AvgIpc) is 3.09. The summed E-state index contributed by atoms with van der Waals surface area (Å²) in [6, 6.07) is 15.6. The van der Waals surface area contributed by atoms with Crippen molar-refractivity contribution in [2.45, 2.75) is 38.3 Å². The summed E-state index contributed by atoms with van der Waals surface area (Å²) in [6.45, 7) is 3.48. The number of rotatable bonds is 9. The van der Waals surface area contributed by atoms with Crippen molar-refractivity contribution in [1.29, 1.82) is 0 Å². The predicted octanol–water partition coefficient (Wildman–Crippen LogP) is 2.50. The molecule has 4 N–H and O–H groups in total. The van der Waals surface area contributed by atoms with Crippen LogP contribution in [0.15, 0.2) is 48.5 Å². The molecule has 0 saturated carbocycles. The normalized spacial score (nSPS) is 14.2. The van der Waals surface area contributed by atoms with E-state index in [1.54, 1.807) is 0 Å². The van der Waals surface area contributed by atoms with Crippen LogP contribution >= 0.6 is 0 Å². The fraction of sp³-hybridized carbons (Fsp3) is 0.375. The summed E-state index contributed by atoms with van der Waals surface area (Å²) in [5, 5.41) is 23.0. The number of nitrogens with one attached hydrogen (secondary N) is 2. The van der Waals surface area contributed by atoms with E-state index in [9.17, 15) is 19.5 Å². The number of hydrogen-bond acceptors (Lipinski definition) is 5. The summed E-state index contributed by atoms with van der Waals surface area (Å²) in [4.78, 5) is 35.2. The van der Waals surface area contributed by atoms with Crippen molar-refractivity contribution < 1.29 is 29.3 Å². The van der Waals surface area contributed by atoms with Crippen molar-refractivity contribution >= 4 is 18.0 Å². The molecule has 0 aliphatic heterocycles. The van der Waals surface area contributed by atoms with E-state index < -0.39 is 36.7 Å². The van der Waals surface area contributed by atoms with Crippen molar-refractivity contribution in [3.8, 4) is 11.1 Å². The van der Waals surface area contributed by atoms with Gasteiger partial charge in [-0.3, -0.25) is 4.79 Å². The van der Waals surface area contributed by atoms with Crippen LogP contribution in [-0.2, 0) is 14.3 Å². The van der Waals surface area contributed by atoms with Crippen LogP contribution in [0.25, 0.3) is 11.1 Å². The van der Waals surface area contributed by atoms with Gasteiger partial charge in [-0.15, -0.1) is 0 Å². The maximum absolute atomic E-state index is 12.5. The zero-order valence-corrected chi connectivity index (χ0v) is 18.1. The number of ether oxygens (including phenoxy) is 1. The Hall–Kier alpha value is -3.39. The molecule has 8 nitrogen and oxygen atoms in total. The molecule has 2 aromatic rings. The molecule has 3 rings (SSSR count). The molecule has 2 atom stereocenters. The third-order valence-electron chi connectivity index (χ3n) is 5.63. The summed E-state index contributed by atoms with van der Waals surface area (Å²) in [7, 11) is 0. The first-order valence-electron chi connectivity index (χ1n) is 10.6. The van der Waals surface area contributed by atoms with E-state index in [0.29, 0.717) is 0 Å². The van der Waals surface area contributed by atoms with Gasteiger partial charge < -0.3 is 25.6 Å². The minimum Gasteiger partial charge on any atom is -0.479 e. The van der Waals surface area contributed by atoms with Crippen LogP contribution < -0.4 is 10.6 Å². The molecule has 2 aromatic carbocycles. The van der Waals surface area contributed by atoms with Gasteiger partial charge in [0.2, 0.25) is 5.91 Å². The van der Waals surface area contributed by atoms with E-state index in [1.807, 2.05) is 50.2 Å². The molecule has 0 radical (unpaired) electrons. The molecule has 1 aliphatic carbocycles. The van der Waals surface area contributed by atoms with E-state index in [1.165, 1.54) is 0 Å². The van der Waals surface area contributed by atoms with E-state index >= 15 is 0 Å². The molecule has 2 amide bonds. The van der Waals surface area contributed by atoms with Gasteiger partial charge >= 0.3 is 12.1 Å². The Kier molecular flexibility index (Phi) is 7.48. The quantitative estimate of drug-likeness (QED) is 0.475. The summed E-state index contributed by atoms with van der Waals surface area (Å²) < 4.78 is 5.53. The minimum absolute atomic E-state index is 0.0613. The van der Waals surface area contributed by atoms with Gasteiger partial charge in [0.1, 0.15) is 6.61 Å². The molecule has 0 bridgehead atoms. The van der Waals surface area contributed by atoms with Crippen LogP contribution in [0.4, 0.5) is 4.79 Å². The second-order valence-corrected chi connectivity index (χ2v) is 8.18. The highest BCUT2D eigenvalue weighted by atomic mass is 16.5. The lowest BCUT2D eigenvalue weighted by molar-refractivity contribution is -0.146. The van der Waals surface area contributed by atoms with E-state index in [0.717, 1.165) is 22.3 Å². The van der Waals surface area contributed by atoms with Crippen molar-refractivity contribution in [1.82, 2.24) is 10.6 Å². The number of aliphatic hydroxyl groups excluding tert-OH is 1. The Bertz CT molecular complexity index is 944. The van der Waals surface area contributed by atoms with Gasteiger partial charge in [-0.1, -0.05) is 62.4 Å². The van der Waals surface area contributed by atoms with Gasteiger partial charge in [0.25, 0.3) is 0 Å². The third kappa shape index (κ3) is 5.45. The number of amides is 2. The molecule has 0 spiro atoms. The Morgan fingerprint density at radius 3 is 2.09 bits per heavy atom. The number of carboxylic acids is 1. The molecule has 0 heterocycles. The smallest absolute Gasteiger partial charge is 0.407 e. The second kappa shape index (κ2) is 10.3. The van der Waals surface area contributed by atoms with Crippen molar-refractivity contribution in [3.05, 3.63) is 59.7 Å². The first-order valence-corrected chi connectivity index (χ1v) is 10.6. The van der Waals surface area contributed by atoms with Gasteiger partial charge in [-0.05, 0) is 28.2 Å². The fourth-order valence-electron chi connectivity index (χ4n) is 3.81. The van der Waals surface area contributed by atoms with Gasteiger partial charge in [0, 0.05) is 18.4 Å². The van der Waals surface area contributed by atoms with Gasteiger partial charge in [0.05, 0.1) is 6.54 Å². The Morgan fingerprint density at radius 1 is 1.00 bits per heavy atom. The third-order valence-corrected chi connectivity index (χ3v) is 5.63. The standard InChI is InChI=1S/C24H28N2O6/c1-14(2)20(11-22(28)25-12-21(27)23(29)30)26-24(31)32-13-19-17-9-5-3-7-15(17)16-8-4-6-10-18(16)19/h3-10,14,19-21,27H,11-13H2,1-2H3,(H,25,28)(H,26,31)(H,29,30)/t20-,21-/m0/s1. The van der Waals surface area contributed by atoms with Crippen molar-refractivity contribution in [2.75, 3.05) is 13.2 Å². The molecule has 0 saturated heterocycles. The topological polar surface area (TPSA) is 125 Å². The zero-order valence-electron chi connectivity index (χ0n) is 18.1. The maximum atomic E-state index is 12.5. The number of hydrogen-bond donors (Lipinski definition) is 4. The molecular formula is C24H28N2O6. The summed E-state index contributed by atoms with van der Waals surface area (Å²) in [6.07, 6.45) is -2.36. The maximum Gasteiger partial charge on any atom is 0.407 e. The number of aliphatic hydroxyl groups is 1. The molecule has 0 fully saturated rings. The van der Waals surface area contributed by atoms with Gasteiger partial charge in [-0.25, -0.2) is 9.59 Å². The first-order chi connectivity index (χ1) is 15.3. The van der Waals surface area contributed by atoms with Crippen LogP contribution in [0.1, 0.15) is 37.3 Å². The largest absolute Gasteiger partial charge is 0.479 e. The monoisotopic (exact) mass is 440 g/mol. The number of fused-ring (bicyclic) bond motifs is 3. The summed E-state index contributed by atoms with van der Waals surface area (Å²) in [5.41, 5.74) is 4.49. The Labute approximate surface area is 186 Å². The number of aliphatic carboxylic acids is 1. The summed E-state index contributed by atoms with van der Waals surface area (Å²) >= 11 is 0. The minimum atomic E-state index is -1.67. The van der Waals surface area contributed by atoms with Crippen molar-refractivity contribution in [3.63, 3.8) is 0 Å². The van der Waals surface area contributed by atoms with E-state index in [-0.39, 0.29) is 24.9 Å². The van der Waals surface area contributed by atoms with Gasteiger partial charge in [-0.2, -0.15) is 0 Å². The number of carboxylic acid groups (broad SMARTS) is 1. The average molecular weight is 440 g/mol. The highest BCUT2D eigenvalue weighted by Crippen LogP contribution is 2.44. The molecule has 8 heteroatoms. The van der Waals surface area contributed by atoms with Crippen LogP contribution in [-0.4, -0.2) is 53.5 Å². The lowest BCUT2D eigenvalue weighted by atomic mass is 9.98. The van der Waals surface area contributed by atoms with Crippen LogP contribution in [0.3, 0.4) is 0 Å². The molecule has 0 unspecified atom stereocenters. The Morgan fingerprint density at radius 2 is 1.56 bits per heavy atom. The number of carbonyl (C=O) groups is 3. The van der Waals surface area contributed by atoms with Gasteiger partial charge in [0.15, 0.2) is 6.10 Å². The second-order valence-electron chi connectivity index (χ2n) is 8.18. The highest BCUT2D eigenvalue weighted by Gasteiger charge is 2.29. The number of benzene rings is 2. The molecule has 32 heavy (non-hydrogen) atoms. The molecular weight excluding hydrogens is 412 g/mol. The molecule has 0 aromatic heterocycles. The Balaban J connectivity index is 1.57. The molecule has 1 aliphatic rings. The predicted molar refractivity (Wildman–Crippen MR) is 118 cm³/mol.